The molecule has 4 unspecified atom stereocenters. The molecule has 4 atom stereocenters. The average molecular weight is 533 g/mol. The topological polar surface area (TPSA) is 147 Å². The van der Waals surface area contributed by atoms with Crippen LogP contribution in [0.15, 0.2) is 58.3 Å². The van der Waals surface area contributed by atoms with Crippen molar-refractivity contribution in [1.82, 2.24) is 5.32 Å². The van der Waals surface area contributed by atoms with Crippen LogP contribution in [0.5, 0.6) is 0 Å². The molecule has 36 heavy (non-hydrogen) atoms. The first-order valence-electron chi connectivity index (χ1n) is 11.6. The van der Waals surface area contributed by atoms with Gasteiger partial charge < -0.3 is 21.3 Å². The van der Waals surface area contributed by atoms with Gasteiger partial charge in [-0.2, -0.15) is 0 Å². The Labute approximate surface area is 218 Å². The summed E-state index contributed by atoms with van der Waals surface area (Å²) in [6.45, 7) is 7.03. The fraction of sp³-hybridized carbons (Fsp3) is 0.385. The molecule has 10 heteroatoms. The standard InChI is InChI=1S/C26H32N2O6S2/c1-5-15(3)21(24(31)32)28-23(30)18-12-8-10-14-20(18)36-35-19-13-9-7-11-17(19)22(29)26(27,25(33)34)16(4)6-2/h7-16,21H,5-6,27H2,1-4H3,(H,28,30)(H,31,32)(H,33,34). The molecule has 0 fully saturated rings. The van der Waals surface area contributed by atoms with Crippen LogP contribution in [0.2, 0.25) is 0 Å². The van der Waals surface area contributed by atoms with Crippen molar-refractivity contribution in [2.45, 2.75) is 61.9 Å². The maximum Gasteiger partial charge on any atom is 0.332 e. The Morgan fingerprint density at radius 3 is 1.86 bits per heavy atom. The molecule has 0 aromatic heterocycles. The lowest BCUT2D eigenvalue weighted by atomic mass is 9.78. The highest BCUT2D eigenvalue weighted by atomic mass is 33.1. The van der Waals surface area contributed by atoms with Crippen molar-refractivity contribution in [3.05, 3.63) is 59.7 Å². The first kappa shape index (κ1) is 29.4. The molecule has 0 saturated heterocycles. The molecular weight excluding hydrogens is 500 g/mol. The van der Waals surface area contributed by atoms with Gasteiger partial charge in [0.05, 0.1) is 5.56 Å². The Kier molecular flexibility index (Phi) is 10.6. The van der Waals surface area contributed by atoms with Crippen molar-refractivity contribution in [2.24, 2.45) is 17.6 Å². The third kappa shape index (κ3) is 6.48. The molecule has 8 nitrogen and oxygen atoms in total. The van der Waals surface area contributed by atoms with Gasteiger partial charge in [0.2, 0.25) is 0 Å². The van der Waals surface area contributed by atoms with Crippen LogP contribution >= 0.6 is 21.6 Å². The molecule has 0 saturated carbocycles. The summed E-state index contributed by atoms with van der Waals surface area (Å²) >= 11 is 0. The number of amides is 1. The van der Waals surface area contributed by atoms with E-state index >= 15 is 0 Å². The minimum atomic E-state index is -2.07. The highest BCUT2D eigenvalue weighted by molar-refractivity contribution is 8.76. The zero-order valence-electron chi connectivity index (χ0n) is 20.7. The number of nitrogens with two attached hydrogens (primary N) is 1. The van der Waals surface area contributed by atoms with Crippen LogP contribution < -0.4 is 11.1 Å². The van der Waals surface area contributed by atoms with Crippen molar-refractivity contribution >= 4 is 45.2 Å². The molecule has 0 aliphatic rings. The van der Waals surface area contributed by atoms with Gasteiger partial charge in [0.25, 0.3) is 5.91 Å². The van der Waals surface area contributed by atoms with Crippen LogP contribution in [-0.4, -0.2) is 45.4 Å². The number of carbonyl (C=O) groups excluding carboxylic acids is 2. The second-order valence-corrected chi connectivity index (χ2v) is 10.9. The fourth-order valence-corrected chi connectivity index (χ4v) is 5.88. The molecule has 2 aromatic rings. The molecule has 0 aliphatic heterocycles. The molecule has 194 valence electrons. The lowest BCUT2D eigenvalue weighted by Gasteiger charge is -2.29. The number of aliphatic carboxylic acids is 2. The van der Waals surface area contributed by atoms with Crippen LogP contribution in [-0.2, 0) is 9.59 Å². The van der Waals surface area contributed by atoms with Crippen molar-refractivity contribution in [1.29, 1.82) is 0 Å². The van der Waals surface area contributed by atoms with Gasteiger partial charge in [0.15, 0.2) is 11.3 Å². The molecule has 0 aliphatic carbocycles. The normalized spacial score (nSPS) is 15.2. The molecular formula is C26H32N2O6S2. The minimum Gasteiger partial charge on any atom is -0.480 e. The van der Waals surface area contributed by atoms with Gasteiger partial charge >= 0.3 is 11.9 Å². The van der Waals surface area contributed by atoms with Gasteiger partial charge in [0, 0.05) is 15.4 Å². The van der Waals surface area contributed by atoms with Crippen LogP contribution in [0.25, 0.3) is 0 Å². The average Bonchev–Trinajstić information content (AvgIpc) is 2.88. The quantitative estimate of drug-likeness (QED) is 0.163. The van der Waals surface area contributed by atoms with E-state index in [4.69, 9.17) is 5.73 Å². The summed E-state index contributed by atoms with van der Waals surface area (Å²) in [7, 11) is 2.41. The Bertz CT molecular complexity index is 1130. The van der Waals surface area contributed by atoms with Crippen LogP contribution in [0, 0.1) is 11.8 Å². The molecule has 1 amide bonds. The monoisotopic (exact) mass is 532 g/mol. The van der Waals surface area contributed by atoms with Gasteiger partial charge in [0.1, 0.15) is 6.04 Å². The first-order valence-corrected chi connectivity index (χ1v) is 13.8. The largest absolute Gasteiger partial charge is 0.480 e. The zero-order chi connectivity index (χ0) is 27.0. The van der Waals surface area contributed by atoms with E-state index < -0.39 is 41.1 Å². The predicted octanol–water partition coefficient (Wildman–Crippen LogP) is 4.73. The minimum absolute atomic E-state index is 0.185. The SMILES string of the molecule is CCC(C)C(NC(=O)c1ccccc1SSc1ccccc1C(=O)C(N)(C(=O)O)C(C)CC)C(=O)O. The van der Waals surface area contributed by atoms with Crippen LogP contribution in [0.3, 0.4) is 0 Å². The van der Waals surface area contributed by atoms with Crippen LogP contribution in [0.1, 0.15) is 61.3 Å². The Balaban J connectivity index is 2.33. The number of ketones is 1. The number of Topliss-reactive ketones (excluding diaryl/α,β-unsaturated/α-hetero) is 1. The third-order valence-electron chi connectivity index (χ3n) is 6.37. The molecule has 5 N–H and O–H groups in total. The summed E-state index contributed by atoms with van der Waals surface area (Å²) in [6, 6.07) is 12.3. The van der Waals surface area contributed by atoms with Crippen molar-refractivity contribution in [3.8, 4) is 0 Å². The maximum atomic E-state index is 13.3. The number of rotatable bonds is 13. The third-order valence-corrected chi connectivity index (χ3v) is 8.85. The lowest BCUT2D eigenvalue weighted by molar-refractivity contribution is -0.143. The number of carboxylic acids is 2. The van der Waals surface area contributed by atoms with Gasteiger partial charge in [-0.15, -0.1) is 0 Å². The van der Waals surface area contributed by atoms with Crippen molar-refractivity contribution in [3.63, 3.8) is 0 Å². The van der Waals surface area contributed by atoms with E-state index in [1.165, 1.54) is 21.6 Å². The van der Waals surface area contributed by atoms with Gasteiger partial charge in [-0.05, 0) is 30.0 Å². The number of nitrogens with one attached hydrogen (secondary N) is 1. The summed E-state index contributed by atoms with van der Waals surface area (Å²) in [6.07, 6.45) is 0.999. The van der Waals surface area contributed by atoms with Gasteiger partial charge in [-0.1, -0.05) is 92.5 Å². The summed E-state index contributed by atoms with van der Waals surface area (Å²) < 4.78 is 0. The van der Waals surface area contributed by atoms with E-state index in [0.29, 0.717) is 28.2 Å². The lowest BCUT2D eigenvalue weighted by Crippen LogP contribution is -2.59. The van der Waals surface area contributed by atoms with E-state index in [0.717, 1.165) is 0 Å². The van der Waals surface area contributed by atoms with Crippen LogP contribution in [0.4, 0.5) is 0 Å². The molecule has 2 aromatic carbocycles. The summed E-state index contributed by atoms with van der Waals surface area (Å²) in [5.74, 6) is -4.53. The van der Waals surface area contributed by atoms with E-state index in [-0.39, 0.29) is 11.5 Å². The molecule has 0 spiro atoms. The van der Waals surface area contributed by atoms with E-state index in [1.54, 1.807) is 69.3 Å². The highest BCUT2D eigenvalue weighted by Crippen LogP contribution is 2.41. The highest BCUT2D eigenvalue weighted by Gasteiger charge is 2.47. The Morgan fingerprint density at radius 1 is 0.889 bits per heavy atom. The van der Waals surface area contributed by atoms with E-state index in [2.05, 4.69) is 5.32 Å². The number of carbonyl (C=O) groups is 4. The summed E-state index contributed by atoms with van der Waals surface area (Å²) in [5, 5.41) is 21.9. The number of carboxylic acid groups (broad SMARTS) is 2. The van der Waals surface area contributed by atoms with Gasteiger partial charge in [-0.25, -0.2) is 9.59 Å². The number of benzene rings is 2. The van der Waals surface area contributed by atoms with Crippen molar-refractivity contribution < 1.29 is 29.4 Å². The number of hydrogen-bond donors (Lipinski definition) is 4. The Hall–Kier alpha value is -2.82. The molecule has 0 bridgehead atoms. The molecule has 0 radical (unpaired) electrons. The first-order chi connectivity index (χ1) is 17.0. The zero-order valence-corrected chi connectivity index (χ0v) is 22.3. The van der Waals surface area contributed by atoms with Crippen molar-refractivity contribution in [2.75, 3.05) is 0 Å². The van der Waals surface area contributed by atoms with E-state index in [1.807, 2.05) is 6.92 Å². The second-order valence-electron chi connectivity index (χ2n) is 8.65. The van der Waals surface area contributed by atoms with Gasteiger partial charge in [-0.3, -0.25) is 9.59 Å². The smallest absolute Gasteiger partial charge is 0.332 e. The fourth-order valence-electron chi connectivity index (χ4n) is 3.52. The Morgan fingerprint density at radius 2 is 1.39 bits per heavy atom. The predicted molar refractivity (Wildman–Crippen MR) is 141 cm³/mol. The molecule has 0 heterocycles. The second kappa shape index (κ2) is 12.9. The van der Waals surface area contributed by atoms with E-state index in [9.17, 15) is 29.4 Å². The summed E-state index contributed by atoms with van der Waals surface area (Å²) in [5.41, 5.74) is 4.56. The number of hydrogen-bond acceptors (Lipinski definition) is 7. The summed E-state index contributed by atoms with van der Waals surface area (Å²) in [4.78, 5) is 51.0. The maximum absolute atomic E-state index is 13.3. The molecule has 2 rings (SSSR count).